The highest BCUT2D eigenvalue weighted by molar-refractivity contribution is 14.1. The first-order chi connectivity index (χ1) is 7.86. The zero-order valence-electron chi connectivity index (χ0n) is 9.12. The Balaban J connectivity index is 2.13. The molecule has 0 N–H and O–H groups in total. The van der Waals surface area contributed by atoms with E-state index in [1.54, 1.807) is 5.57 Å². The molecule has 1 aliphatic heterocycles. The van der Waals surface area contributed by atoms with Crippen LogP contribution in [0, 0.1) is 0 Å². The predicted octanol–water partition coefficient (Wildman–Crippen LogP) is 4.42. The highest BCUT2D eigenvalue weighted by Gasteiger charge is 2.23. The summed E-state index contributed by atoms with van der Waals surface area (Å²) in [6.07, 6.45) is 7.08. The van der Waals surface area contributed by atoms with Gasteiger partial charge >= 0.3 is 0 Å². The molecule has 0 amide bonds. The summed E-state index contributed by atoms with van der Waals surface area (Å²) in [7, 11) is 0. The maximum Gasteiger partial charge on any atom is 0.0595 e. The first kappa shape index (κ1) is 10.5. The summed E-state index contributed by atoms with van der Waals surface area (Å²) >= 11 is 2.57. The lowest BCUT2D eigenvalue weighted by Gasteiger charge is -2.21. The zero-order valence-corrected chi connectivity index (χ0v) is 11.3. The Hall–Kier alpha value is -0.640. The lowest BCUT2D eigenvalue weighted by atomic mass is 9.91. The molecule has 0 saturated carbocycles. The van der Waals surface area contributed by atoms with Gasteiger partial charge in [-0.3, -0.25) is 4.99 Å². The Kier molecular flexibility index (Phi) is 2.84. The molecule has 0 radical (unpaired) electrons. The van der Waals surface area contributed by atoms with Crippen molar-refractivity contribution in [2.75, 3.05) is 0 Å². The number of nitrogens with zero attached hydrogens (tertiary/aromatic N) is 1. The van der Waals surface area contributed by atoms with Gasteiger partial charge in [0.05, 0.1) is 3.92 Å². The number of hydrogen-bond donors (Lipinski definition) is 0. The van der Waals surface area contributed by atoms with E-state index in [4.69, 9.17) is 0 Å². The van der Waals surface area contributed by atoms with Gasteiger partial charge in [-0.25, -0.2) is 0 Å². The molecule has 0 fully saturated rings. The maximum atomic E-state index is 4.69. The second-order valence-corrected chi connectivity index (χ2v) is 5.67. The molecule has 0 saturated heterocycles. The van der Waals surface area contributed by atoms with Crippen molar-refractivity contribution in [3.8, 4) is 0 Å². The fourth-order valence-corrected chi connectivity index (χ4v) is 3.77. The third-order valence-corrected chi connectivity index (χ3v) is 4.84. The van der Waals surface area contributed by atoms with Gasteiger partial charge in [0.2, 0.25) is 0 Å². The molecule has 1 atom stereocenters. The quantitative estimate of drug-likeness (QED) is 0.495. The minimum Gasteiger partial charge on any atom is -0.261 e. The Bertz CT molecular complexity index is 473. The second kappa shape index (κ2) is 4.32. The van der Waals surface area contributed by atoms with E-state index in [9.17, 15) is 0 Å². The number of alkyl halides is 1. The summed E-state index contributed by atoms with van der Waals surface area (Å²) in [6, 6.07) is 8.64. The molecular formula is C14H14IN. The SMILES string of the molecule is IC1C2=C(CCCC2)N=Cc2ccccc21. The van der Waals surface area contributed by atoms with Crippen molar-refractivity contribution in [3.63, 3.8) is 0 Å². The number of fused-ring (bicyclic) bond motifs is 1. The van der Waals surface area contributed by atoms with Crippen molar-refractivity contribution >= 4 is 28.8 Å². The molecule has 1 aliphatic carbocycles. The molecule has 1 heterocycles. The van der Waals surface area contributed by atoms with Gasteiger partial charge in [0.1, 0.15) is 0 Å². The van der Waals surface area contributed by atoms with Crippen LogP contribution in [0.15, 0.2) is 40.5 Å². The Labute approximate surface area is 110 Å². The summed E-state index contributed by atoms with van der Waals surface area (Å²) in [6.45, 7) is 0. The van der Waals surface area contributed by atoms with Crippen LogP contribution in [0.1, 0.15) is 40.7 Å². The summed E-state index contributed by atoms with van der Waals surface area (Å²) < 4.78 is 0.520. The van der Waals surface area contributed by atoms with Crippen molar-refractivity contribution in [3.05, 3.63) is 46.7 Å². The van der Waals surface area contributed by atoms with Crippen LogP contribution in [0.5, 0.6) is 0 Å². The first-order valence-corrected chi connectivity index (χ1v) is 7.10. The minimum atomic E-state index is 0.520. The van der Waals surface area contributed by atoms with Gasteiger partial charge in [-0.15, -0.1) is 0 Å². The van der Waals surface area contributed by atoms with Gasteiger partial charge in [-0.1, -0.05) is 46.9 Å². The average molecular weight is 323 g/mol. The van der Waals surface area contributed by atoms with Crippen molar-refractivity contribution in [1.82, 2.24) is 0 Å². The van der Waals surface area contributed by atoms with Crippen LogP contribution in [0.2, 0.25) is 0 Å². The second-order valence-electron chi connectivity index (χ2n) is 4.43. The molecule has 82 valence electrons. The van der Waals surface area contributed by atoms with Crippen LogP contribution in [-0.4, -0.2) is 6.21 Å². The highest BCUT2D eigenvalue weighted by atomic mass is 127. The molecule has 1 unspecified atom stereocenters. The van der Waals surface area contributed by atoms with Crippen molar-refractivity contribution in [2.24, 2.45) is 4.99 Å². The van der Waals surface area contributed by atoms with E-state index in [-0.39, 0.29) is 0 Å². The summed E-state index contributed by atoms with van der Waals surface area (Å²) in [5, 5.41) is 0. The fraction of sp³-hybridized carbons (Fsp3) is 0.357. The number of hydrogen-bond acceptors (Lipinski definition) is 1. The summed E-state index contributed by atoms with van der Waals surface area (Å²) in [5.74, 6) is 0. The van der Waals surface area contributed by atoms with Crippen LogP contribution in [0.3, 0.4) is 0 Å². The topological polar surface area (TPSA) is 12.4 Å². The van der Waals surface area contributed by atoms with E-state index in [0.717, 1.165) is 0 Å². The Morgan fingerprint density at radius 2 is 1.94 bits per heavy atom. The van der Waals surface area contributed by atoms with Crippen LogP contribution in [-0.2, 0) is 0 Å². The van der Waals surface area contributed by atoms with Gasteiger partial charge < -0.3 is 0 Å². The van der Waals surface area contributed by atoms with Gasteiger partial charge in [-0.05, 0) is 42.4 Å². The first-order valence-electron chi connectivity index (χ1n) is 5.85. The molecule has 0 bridgehead atoms. The predicted molar refractivity (Wildman–Crippen MR) is 76.3 cm³/mol. The molecule has 1 aromatic carbocycles. The zero-order chi connectivity index (χ0) is 11.0. The molecule has 16 heavy (non-hydrogen) atoms. The van der Waals surface area contributed by atoms with E-state index in [2.05, 4.69) is 58.1 Å². The van der Waals surface area contributed by atoms with E-state index in [1.165, 1.54) is 42.5 Å². The van der Waals surface area contributed by atoms with Crippen molar-refractivity contribution in [1.29, 1.82) is 0 Å². The molecule has 0 aromatic heterocycles. The van der Waals surface area contributed by atoms with Crippen LogP contribution < -0.4 is 0 Å². The minimum absolute atomic E-state index is 0.520. The maximum absolute atomic E-state index is 4.69. The molecular weight excluding hydrogens is 309 g/mol. The van der Waals surface area contributed by atoms with E-state index < -0.39 is 0 Å². The Morgan fingerprint density at radius 3 is 2.88 bits per heavy atom. The largest absolute Gasteiger partial charge is 0.261 e. The normalized spacial score (nSPS) is 23.7. The molecule has 3 rings (SSSR count). The standard InChI is InChI=1S/C14H14IN/c15-14-11-6-2-1-5-10(11)9-16-13-8-4-3-7-12(13)14/h1-2,5-6,9,14H,3-4,7-8H2. The summed E-state index contributed by atoms with van der Waals surface area (Å²) in [4.78, 5) is 4.69. The number of aliphatic imine (C=N–C) groups is 1. The number of halogens is 1. The van der Waals surface area contributed by atoms with Crippen LogP contribution in [0.4, 0.5) is 0 Å². The lowest BCUT2D eigenvalue weighted by Crippen LogP contribution is -2.03. The van der Waals surface area contributed by atoms with Gasteiger partial charge in [0.15, 0.2) is 0 Å². The van der Waals surface area contributed by atoms with Gasteiger partial charge in [-0.2, -0.15) is 0 Å². The third-order valence-electron chi connectivity index (χ3n) is 3.41. The van der Waals surface area contributed by atoms with Crippen molar-refractivity contribution < 1.29 is 0 Å². The monoisotopic (exact) mass is 323 g/mol. The molecule has 1 aromatic rings. The molecule has 2 aliphatic rings. The van der Waals surface area contributed by atoms with Crippen molar-refractivity contribution in [2.45, 2.75) is 29.6 Å². The average Bonchev–Trinajstić information content (AvgIpc) is 2.49. The van der Waals surface area contributed by atoms with Crippen LogP contribution in [0.25, 0.3) is 0 Å². The molecule has 0 spiro atoms. The number of rotatable bonds is 0. The van der Waals surface area contributed by atoms with Crippen LogP contribution >= 0.6 is 22.6 Å². The van der Waals surface area contributed by atoms with E-state index in [0.29, 0.717) is 3.92 Å². The van der Waals surface area contributed by atoms with Gasteiger partial charge in [0.25, 0.3) is 0 Å². The molecule has 1 nitrogen and oxygen atoms in total. The summed E-state index contributed by atoms with van der Waals surface area (Å²) in [5.41, 5.74) is 5.63. The third kappa shape index (κ3) is 1.73. The van der Waals surface area contributed by atoms with E-state index >= 15 is 0 Å². The number of benzene rings is 1. The van der Waals surface area contributed by atoms with E-state index in [1.807, 2.05) is 0 Å². The number of allylic oxidation sites excluding steroid dienone is 2. The smallest absolute Gasteiger partial charge is 0.0595 e. The Morgan fingerprint density at radius 1 is 1.12 bits per heavy atom. The fourth-order valence-electron chi connectivity index (χ4n) is 2.53. The van der Waals surface area contributed by atoms with Gasteiger partial charge in [0, 0.05) is 11.9 Å². The highest BCUT2D eigenvalue weighted by Crippen LogP contribution is 2.42. The molecule has 2 heteroatoms. The lowest BCUT2D eigenvalue weighted by molar-refractivity contribution is 0.657.